The van der Waals surface area contributed by atoms with Crippen molar-refractivity contribution < 1.29 is 39.1 Å². The first-order valence-corrected chi connectivity index (χ1v) is 12.8. The van der Waals surface area contributed by atoms with Gasteiger partial charge in [0, 0.05) is 44.6 Å². The van der Waals surface area contributed by atoms with Crippen molar-refractivity contribution in [2.24, 2.45) is 22.9 Å². The van der Waals surface area contributed by atoms with Gasteiger partial charge < -0.3 is 62.6 Å². The summed E-state index contributed by atoms with van der Waals surface area (Å²) in [5.74, 6) is -0.131. The van der Waals surface area contributed by atoms with Gasteiger partial charge in [0.15, 0.2) is 6.29 Å². The minimum atomic E-state index is -1.30. The SMILES string of the molecule is CC(=O)CCC(=O)NCCCCCCOC1C(O)C(N)CC(N)C1OC1OC(CN)C(O)C(O)C1N. The molecular weight excluding hydrogens is 474 g/mol. The topological polar surface area (TPSA) is 239 Å². The lowest BCUT2D eigenvalue weighted by molar-refractivity contribution is -0.291. The maximum atomic E-state index is 11.6. The number of aliphatic hydroxyl groups excluding tert-OH is 3. The van der Waals surface area contributed by atoms with Crippen LogP contribution in [-0.4, -0.2) is 108 Å². The number of carbonyl (C=O) groups excluding carboxylic acids is 2. The molecule has 13 heteroatoms. The van der Waals surface area contributed by atoms with E-state index in [-0.39, 0.29) is 37.5 Å². The largest absolute Gasteiger partial charge is 0.389 e. The predicted molar refractivity (Wildman–Crippen MR) is 130 cm³/mol. The Kier molecular flexibility index (Phi) is 13.1. The van der Waals surface area contributed by atoms with E-state index in [4.69, 9.17) is 37.1 Å². The molecule has 1 saturated heterocycles. The Balaban J connectivity index is 1.80. The molecule has 10 atom stereocenters. The molecule has 0 bridgehead atoms. The molecule has 0 aromatic carbocycles. The molecule has 2 aliphatic rings. The lowest BCUT2D eigenvalue weighted by atomic mass is 9.84. The third kappa shape index (κ3) is 8.94. The standard InChI is InChI=1S/C23H45N5O8/c1-12(29)6-7-16(30)28-8-4-2-3-5-9-34-22-18(31)13(25)10-14(26)21(22)36-23-17(27)20(33)19(32)15(11-24)35-23/h13-15,17-23,31-33H,2-11,24-27H2,1H3,(H,28,30). The van der Waals surface area contributed by atoms with Crippen LogP contribution in [0.1, 0.15) is 51.9 Å². The number of nitrogens with one attached hydrogen (secondary N) is 1. The van der Waals surface area contributed by atoms with Gasteiger partial charge in [0.1, 0.15) is 36.3 Å². The van der Waals surface area contributed by atoms with E-state index < -0.39 is 61.0 Å². The van der Waals surface area contributed by atoms with Gasteiger partial charge >= 0.3 is 0 Å². The van der Waals surface area contributed by atoms with Gasteiger partial charge in [-0.15, -0.1) is 0 Å². The van der Waals surface area contributed by atoms with Crippen molar-refractivity contribution in [3.05, 3.63) is 0 Å². The first kappa shape index (κ1) is 31.0. The van der Waals surface area contributed by atoms with Gasteiger partial charge in [-0.3, -0.25) is 4.79 Å². The first-order valence-electron chi connectivity index (χ1n) is 12.8. The van der Waals surface area contributed by atoms with Crippen molar-refractivity contribution in [3.8, 4) is 0 Å². The van der Waals surface area contributed by atoms with Crippen LogP contribution < -0.4 is 28.3 Å². The van der Waals surface area contributed by atoms with Crippen LogP contribution in [-0.2, 0) is 23.8 Å². The second-order valence-corrected chi connectivity index (χ2v) is 9.79. The number of ether oxygens (including phenoxy) is 3. The summed E-state index contributed by atoms with van der Waals surface area (Å²) >= 11 is 0. The van der Waals surface area contributed by atoms with Crippen LogP contribution >= 0.6 is 0 Å². The quantitative estimate of drug-likeness (QED) is 0.107. The zero-order valence-electron chi connectivity index (χ0n) is 21.0. The van der Waals surface area contributed by atoms with Crippen LogP contribution in [0.2, 0.25) is 0 Å². The Morgan fingerprint density at radius 3 is 2.31 bits per heavy atom. The molecule has 0 aromatic heterocycles. The van der Waals surface area contributed by atoms with Crippen molar-refractivity contribution in [1.29, 1.82) is 0 Å². The van der Waals surface area contributed by atoms with E-state index in [2.05, 4.69) is 5.32 Å². The molecule has 1 aliphatic carbocycles. The number of hydrogen-bond donors (Lipinski definition) is 8. The maximum Gasteiger partial charge on any atom is 0.220 e. The molecule has 1 saturated carbocycles. The van der Waals surface area contributed by atoms with E-state index in [9.17, 15) is 24.9 Å². The van der Waals surface area contributed by atoms with Crippen molar-refractivity contribution in [2.75, 3.05) is 19.7 Å². The highest BCUT2D eigenvalue weighted by Crippen LogP contribution is 2.28. The molecule has 12 N–H and O–H groups in total. The summed E-state index contributed by atoms with van der Waals surface area (Å²) in [7, 11) is 0. The van der Waals surface area contributed by atoms with Crippen LogP contribution in [0, 0.1) is 0 Å². The molecular formula is C23H45N5O8. The van der Waals surface area contributed by atoms with Crippen LogP contribution in [0.4, 0.5) is 0 Å². The van der Waals surface area contributed by atoms with Crippen molar-refractivity contribution in [1.82, 2.24) is 5.32 Å². The number of amides is 1. The third-order valence-corrected chi connectivity index (χ3v) is 6.75. The van der Waals surface area contributed by atoms with Crippen molar-refractivity contribution in [2.45, 2.75) is 113 Å². The number of nitrogens with two attached hydrogens (primary N) is 4. The molecule has 210 valence electrons. The van der Waals surface area contributed by atoms with E-state index in [0.29, 0.717) is 19.6 Å². The van der Waals surface area contributed by atoms with Gasteiger partial charge in [-0.25, -0.2) is 0 Å². The zero-order valence-corrected chi connectivity index (χ0v) is 21.0. The van der Waals surface area contributed by atoms with Gasteiger partial charge in [-0.1, -0.05) is 12.8 Å². The molecule has 0 spiro atoms. The van der Waals surface area contributed by atoms with Crippen molar-refractivity contribution >= 4 is 11.7 Å². The highest BCUT2D eigenvalue weighted by atomic mass is 16.7. The van der Waals surface area contributed by atoms with Gasteiger partial charge in [-0.2, -0.15) is 0 Å². The molecule has 13 nitrogen and oxygen atoms in total. The van der Waals surface area contributed by atoms with Crippen LogP contribution in [0.5, 0.6) is 0 Å². The molecule has 1 aliphatic heterocycles. The number of carbonyl (C=O) groups is 2. The molecule has 2 rings (SSSR count). The van der Waals surface area contributed by atoms with Crippen LogP contribution in [0.15, 0.2) is 0 Å². The Labute approximate surface area is 212 Å². The molecule has 2 fully saturated rings. The number of ketones is 1. The highest BCUT2D eigenvalue weighted by Gasteiger charge is 2.48. The average molecular weight is 520 g/mol. The van der Waals surface area contributed by atoms with E-state index in [1.807, 2.05) is 0 Å². The fraction of sp³-hybridized carbons (Fsp3) is 0.913. The monoisotopic (exact) mass is 519 g/mol. The number of hydrogen-bond acceptors (Lipinski definition) is 12. The lowest BCUT2D eigenvalue weighted by Crippen LogP contribution is -2.67. The Hall–Kier alpha value is -1.26. The fourth-order valence-corrected chi connectivity index (χ4v) is 4.47. The second-order valence-electron chi connectivity index (χ2n) is 9.79. The van der Waals surface area contributed by atoms with Gasteiger partial charge in [0.05, 0.1) is 12.1 Å². The maximum absolute atomic E-state index is 11.6. The van der Waals surface area contributed by atoms with Crippen molar-refractivity contribution in [3.63, 3.8) is 0 Å². The van der Waals surface area contributed by atoms with E-state index in [1.54, 1.807) is 0 Å². The summed E-state index contributed by atoms with van der Waals surface area (Å²) < 4.78 is 17.6. The summed E-state index contributed by atoms with van der Waals surface area (Å²) in [5, 5.41) is 33.8. The van der Waals surface area contributed by atoms with E-state index >= 15 is 0 Å². The predicted octanol–water partition coefficient (Wildman–Crippen LogP) is -3.05. The smallest absolute Gasteiger partial charge is 0.220 e. The van der Waals surface area contributed by atoms with Gasteiger partial charge in [0.25, 0.3) is 0 Å². The number of rotatable bonds is 14. The minimum Gasteiger partial charge on any atom is -0.389 e. The zero-order chi connectivity index (χ0) is 26.8. The number of Topliss-reactive ketones (excluding diaryl/α,β-unsaturated/α-hetero) is 1. The Bertz CT molecular complexity index is 687. The highest BCUT2D eigenvalue weighted by molar-refractivity contribution is 5.83. The number of aliphatic hydroxyl groups is 3. The molecule has 0 radical (unpaired) electrons. The molecule has 1 amide bonds. The Morgan fingerprint density at radius 2 is 1.64 bits per heavy atom. The van der Waals surface area contributed by atoms with E-state index in [0.717, 1.165) is 19.3 Å². The van der Waals surface area contributed by atoms with Gasteiger partial charge in [-0.05, 0) is 26.2 Å². The summed E-state index contributed by atoms with van der Waals surface area (Å²) in [4.78, 5) is 22.5. The average Bonchev–Trinajstić information content (AvgIpc) is 2.84. The molecule has 10 unspecified atom stereocenters. The summed E-state index contributed by atoms with van der Waals surface area (Å²) in [6.45, 7) is 2.29. The third-order valence-electron chi connectivity index (χ3n) is 6.75. The first-order chi connectivity index (χ1) is 17.1. The summed E-state index contributed by atoms with van der Waals surface area (Å²) in [5.41, 5.74) is 24.0. The minimum absolute atomic E-state index is 0.00644. The molecule has 1 heterocycles. The summed E-state index contributed by atoms with van der Waals surface area (Å²) in [6, 6.07) is -2.22. The van der Waals surface area contributed by atoms with Gasteiger partial charge in [0.2, 0.25) is 5.91 Å². The molecule has 36 heavy (non-hydrogen) atoms. The normalized spacial score (nSPS) is 37.0. The van der Waals surface area contributed by atoms with Crippen LogP contribution in [0.25, 0.3) is 0 Å². The fourth-order valence-electron chi connectivity index (χ4n) is 4.47. The lowest BCUT2D eigenvalue weighted by Gasteiger charge is -2.46. The van der Waals surface area contributed by atoms with E-state index in [1.165, 1.54) is 6.92 Å². The number of unbranched alkanes of at least 4 members (excludes halogenated alkanes) is 3. The summed E-state index contributed by atoms with van der Waals surface area (Å²) in [6.07, 6.45) is -3.21. The molecule has 0 aromatic rings. The van der Waals surface area contributed by atoms with Crippen LogP contribution in [0.3, 0.4) is 0 Å². The second kappa shape index (κ2) is 15.2. The Morgan fingerprint density at radius 1 is 0.944 bits per heavy atom.